The molecule has 0 unspecified atom stereocenters. The lowest BCUT2D eigenvalue weighted by atomic mass is 10.1. The summed E-state index contributed by atoms with van der Waals surface area (Å²) in [6.45, 7) is 4.16. The summed E-state index contributed by atoms with van der Waals surface area (Å²) in [6.07, 6.45) is 2.58. The molecule has 0 saturated heterocycles. The highest BCUT2D eigenvalue weighted by molar-refractivity contribution is 5.83. The second kappa shape index (κ2) is 10.1. The third-order valence-corrected chi connectivity index (χ3v) is 6.14. The summed E-state index contributed by atoms with van der Waals surface area (Å²) in [4.78, 5) is 17.0. The molecule has 4 aromatic rings. The van der Waals surface area contributed by atoms with Crippen LogP contribution < -0.4 is 24.5 Å². The van der Waals surface area contributed by atoms with Gasteiger partial charge in [0.15, 0.2) is 0 Å². The molecule has 0 spiro atoms. The topological polar surface area (TPSA) is 92.4 Å². The molecule has 35 heavy (non-hydrogen) atoms. The van der Waals surface area contributed by atoms with Gasteiger partial charge >= 0.3 is 11.4 Å². The number of aromatic amines is 1. The van der Waals surface area contributed by atoms with Gasteiger partial charge in [-0.1, -0.05) is 32.0 Å². The van der Waals surface area contributed by atoms with Crippen LogP contribution in [0.1, 0.15) is 36.4 Å². The van der Waals surface area contributed by atoms with Crippen molar-refractivity contribution in [1.82, 2.24) is 9.55 Å². The van der Waals surface area contributed by atoms with Crippen LogP contribution in [0.3, 0.4) is 0 Å². The van der Waals surface area contributed by atoms with Gasteiger partial charge in [0.2, 0.25) is 0 Å². The number of para-hydroxylation sites is 1. The Morgan fingerprint density at radius 1 is 1.03 bits per heavy atom. The minimum Gasteiger partial charge on any atom is -0.616 e. The van der Waals surface area contributed by atoms with Crippen LogP contribution in [0, 0.1) is 11.1 Å². The second-order valence-electron chi connectivity index (χ2n) is 8.90. The molecule has 8 heteroatoms. The minimum atomic E-state index is -0.331. The van der Waals surface area contributed by atoms with E-state index in [9.17, 15) is 10.0 Å². The summed E-state index contributed by atoms with van der Waals surface area (Å²) in [5, 5.41) is 14.3. The Labute approximate surface area is 204 Å². The monoisotopic (exact) mass is 477 g/mol. The minimum absolute atomic E-state index is 0.121. The van der Waals surface area contributed by atoms with E-state index in [4.69, 9.17) is 14.2 Å². The van der Waals surface area contributed by atoms with E-state index in [0.29, 0.717) is 34.8 Å². The fraction of sp³-hybridized carbons (Fsp3) is 0.333. The maximum absolute atomic E-state index is 13.7. The molecular formula is C27H31N3O5. The van der Waals surface area contributed by atoms with Crippen LogP contribution in [0.25, 0.3) is 10.9 Å². The number of aromatic nitrogens is 3. The summed E-state index contributed by atoms with van der Waals surface area (Å²) < 4.78 is 18.8. The van der Waals surface area contributed by atoms with Crippen molar-refractivity contribution in [2.24, 2.45) is 5.92 Å². The lowest BCUT2D eigenvalue weighted by Crippen LogP contribution is -2.46. The lowest BCUT2D eigenvalue weighted by molar-refractivity contribution is -0.623. The van der Waals surface area contributed by atoms with Gasteiger partial charge in [-0.2, -0.15) is 0 Å². The molecule has 0 saturated carbocycles. The number of nitrogens with zero attached hydrogens (tertiary/aromatic N) is 2. The third kappa shape index (κ3) is 4.69. The van der Waals surface area contributed by atoms with Crippen molar-refractivity contribution >= 4 is 10.9 Å². The van der Waals surface area contributed by atoms with E-state index in [2.05, 4.69) is 4.98 Å². The molecule has 0 radical (unpaired) electrons. The zero-order valence-corrected chi connectivity index (χ0v) is 20.8. The van der Waals surface area contributed by atoms with Crippen molar-refractivity contribution in [3.63, 3.8) is 0 Å². The molecule has 8 nitrogen and oxygen atoms in total. The number of H-pyrrole nitrogens is 1. The third-order valence-electron chi connectivity index (χ3n) is 6.14. The molecule has 0 fully saturated rings. The number of ether oxygens (including phenoxy) is 3. The number of hydrogen-bond donors (Lipinski definition) is 1. The van der Waals surface area contributed by atoms with Gasteiger partial charge in [0, 0.05) is 41.6 Å². The molecule has 0 bridgehead atoms. The highest BCUT2D eigenvalue weighted by Crippen LogP contribution is 2.28. The van der Waals surface area contributed by atoms with Crippen LogP contribution in [0.2, 0.25) is 0 Å². The standard InChI is InChI=1S/C27H31N3O5/c1-17(2)12-23-26(31)29(16-18-10-11-20(33-3)14-25(18)34-4)24(27(35-5)30(23)32)13-19-15-28-22-9-7-6-8-21(19)22/h6-11,14-15,17,28H,12-13,16H2,1-5H3. The van der Waals surface area contributed by atoms with E-state index >= 15 is 0 Å². The first kappa shape index (κ1) is 24.2. The predicted molar refractivity (Wildman–Crippen MR) is 135 cm³/mol. The number of fused-ring (bicyclic) bond motifs is 1. The summed E-state index contributed by atoms with van der Waals surface area (Å²) in [7, 11) is 4.63. The first-order chi connectivity index (χ1) is 16.9. The van der Waals surface area contributed by atoms with Crippen LogP contribution in [0.5, 0.6) is 17.4 Å². The zero-order chi connectivity index (χ0) is 25.1. The van der Waals surface area contributed by atoms with E-state index in [1.54, 1.807) is 24.9 Å². The lowest BCUT2D eigenvalue weighted by Gasteiger charge is -2.19. The fourth-order valence-corrected chi connectivity index (χ4v) is 4.43. The van der Waals surface area contributed by atoms with Crippen LogP contribution >= 0.6 is 0 Å². The van der Waals surface area contributed by atoms with Gasteiger partial charge in [0.1, 0.15) is 17.2 Å². The summed E-state index contributed by atoms with van der Waals surface area (Å²) in [6, 6.07) is 13.4. The van der Waals surface area contributed by atoms with Gasteiger partial charge in [0.05, 0.1) is 27.9 Å². The van der Waals surface area contributed by atoms with Gasteiger partial charge in [-0.3, -0.25) is 9.36 Å². The Morgan fingerprint density at radius 2 is 1.80 bits per heavy atom. The van der Waals surface area contributed by atoms with Crippen molar-refractivity contribution in [3.05, 3.63) is 86.7 Å². The number of methoxy groups -OCH3 is 3. The number of nitrogens with one attached hydrogen (secondary N) is 1. The van der Waals surface area contributed by atoms with Crippen molar-refractivity contribution < 1.29 is 18.9 Å². The fourth-order valence-electron chi connectivity index (χ4n) is 4.43. The first-order valence-electron chi connectivity index (χ1n) is 11.6. The van der Waals surface area contributed by atoms with E-state index < -0.39 is 0 Å². The number of benzene rings is 2. The molecule has 4 rings (SSSR count). The molecule has 2 heterocycles. The Hall–Kier alpha value is -3.94. The van der Waals surface area contributed by atoms with Crippen LogP contribution in [-0.4, -0.2) is 30.9 Å². The van der Waals surface area contributed by atoms with Crippen LogP contribution in [0.15, 0.2) is 53.5 Å². The average Bonchev–Trinajstić information content (AvgIpc) is 3.27. The maximum atomic E-state index is 13.7. The second-order valence-corrected chi connectivity index (χ2v) is 8.90. The van der Waals surface area contributed by atoms with Crippen molar-refractivity contribution in [2.75, 3.05) is 21.3 Å². The highest BCUT2D eigenvalue weighted by Gasteiger charge is 2.29. The molecule has 0 aliphatic rings. The van der Waals surface area contributed by atoms with E-state index in [0.717, 1.165) is 22.0 Å². The van der Waals surface area contributed by atoms with Crippen LogP contribution in [-0.2, 0) is 19.4 Å². The van der Waals surface area contributed by atoms with Gasteiger partial charge in [-0.15, -0.1) is 4.73 Å². The van der Waals surface area contributed by atoms with Crippen molar-refractivity contribution in [1.29, 1.82) is 0 Å². The first-order valence-corrected chi connectivity index (χ1v) is 11.6. The summed E-state index contributed by atoms with van der Waals surface area (Å²) in [5.74, 6) is 1.49. The Balaban J connectivity index is 1.92. The molecule has 0 aliphatic carbocycles. The molecule has 0 aliphatic heterocycles. The van der Waals surface area contributed by atoms with Crippen LogP contribution in [0.4, 0.5) is 0 Å². The SMILES string of the molecule is COc1ccc(Cn2c(Cc3c[nH]c4ccccc34)c(OC)[n+]([O-])c(CC(C)C)c2=O)c(OC)c1. The Bertz CT molecular complexity index is 1400. The van der Waals surface area contributed by atoms with Gasteiger partial charge < -0.3 is 24.4 Å². The Kier molecular flexibility index (Phi) is 7.00. The smallest absolute Gasteiger partial charge is 0.400 e. The van der Waals surface area contributed by atoms with E-state index in [1.807, 2.05) is 56.4 Å². The van der Waals surface area contributed by atoms with Gasteiger partial charge in [-0.25, -0.2) is 0 Å². The van der Waals surface area contributed by atoms with E-state index in [-0.39, 0.29) is 29.6 Å². The van der Waals surface area contributed by atoms with Gasteiger partial charge in [-0.05, 0) is 29.7 Å². The van der Waals surface area contributed by atoms with Crippen molar-refractivity contribution in [2.45, 2.75) is 33.2 Å². The molecule has 0 atom stereocenters. The quantitative estimate of drug-likeness (QED) is 0.292. The largest absolute Gasteiger partial charge is 0.616 e. The Morgan fingerprint density at radius 3 is 2.49 bits per heavy atom. The highest BCUT2D eigenvalue weighted by atomic mass is 16.5. The molecule has 1 N–H and O–H groups in total. The number of hydrogen-bond acceptors (Lipinski definition) is 5. The zero-order valence-electron chi connectivity index (χ0n) is 20.8. The molecule has 2 aromatic carbocycles. The molecule has 0 amide bonds. The molecule has 184 valence electrons. The number of rotatable bonds is 9. The van der Waals surface area contributed by atoms with Crippen molar-refractivity contribution in [3.8, 4) is 17.4 Å². The van der Waals surface area contributed by atoms with Gasteiger partial charge in [0.25, 0.3) is 5.69 Å². The average molecular weight is 478 g/mol. The molecular weight excluding hydrogens is 446 g/mol. The summed E-state index contributed by atoms with van der Waals surface area (Å²) >= 11 is 0. The normalized spacial score (nSPS) is 11.3. The summed E-state index contributed by atoms with van der Waals surface area (Å²) in [5.41, 5.74) is 3.07. The maximum Gasteiger partial charge on any atom is 0.400 e. The predicted octanol–water partition coefficient (Wildman–Crippen LogP) is 3.83. The van der Waals surface area contributed by atoms with E-state index in [1.165, 1.54) is 7.11 Å². The molecule has 2 aromatic heterocycles.